The molecule has 1 aromatic carbocycles. The van der Waals surface area contributed by atoms with Gasteiger partial charge in [-0.3, -0.25) is 4.79 Å². The smallest absolute Gasteiger partial charge is 0.247 e. The molecule has 2 unspecified atom stereocenters. The molecule has 0 aliphatic carbocycles. The summed E-state index contributed by atoms with van der Waals surface area (Å²) < 4.78 is 0. The van der Waals surface area contributed by atoms with Crippen molar-refractivity contribution < 1.29 is 4.79 Å². The Labute approximate surface area is 170 Å². The summed E-state index contributed by atoms with van der Waals surface area (Å²) in [6.07, 6.45) is 8.62. The van der Waals surface area contributed by atoms with Crippen molar-refractivity contribution in [1.29, 1.82) is 0 Å². The van der Waals surface area contributed by atoms with Crippen LogP contribution in [0.3, 0.4) is 0 Å². The van der Waals surface area contributed by atoms with Crippen LogP contribution in [-0.4, -0.2) is 38.4 Å². The molecule has 1 N–H and O–H groups in total. The summed E-state index contributed by atoms with van der Waals surface area (Å²) in [5.74, 6) is 1.69. The molecule has 4 rings (SSSR count). The van der Waals surface area contributed by atoms with E-state index in [4.69, 9.17) is 0 Å². The second-order valence-electron chi connectivity index (χ2n) is 7.49. The number of anilines is 2. The molecular weight excluding hydrogens is 364 g/mol. The molecule has 3 heterocycles. The molecule has 1 fully saturated rings. The van der Waals surface area contributed by atoms with Crippen LogP contribution in [0.15, 0.2) is 55.1 Å². The first kappa shape index (κ1) is 19.0. The Morgan fingerprint density at radius 2 is 1.72 bits per heavy atom. The number of benzene rings is 1. The first-order valence-electron chi connectivity index (χ1n) is 9.84. The van der Waals surface area contributed by atoms with E-state index in [2.05, 4.69) is 32.2 Å². The van der Waals surface area contributed by atoms with Crippen LogP contribution in [0.5, 0.6) is 0 Å². The number of rotatable bonds is 4. The van der Waals surface area contributed by atoms with Crippen LogP contribution in [-0.2, 0) is 4.79 Å². The number of carbonyl (C=O) groups excluding carboxylic acids is 1. The van der Waals surface area contributed by atoms with E-state index in [-0.39, 0.29) is 11.9 Å². The minimum Gasteiger partial charge on any atom is -0.329 e. The number of aromatic nitrogens is 4. The van der Waals surface area contributed by atoms with Crippen molar-refractivity contribution in [3.63, 3.8) is 0 Å². The van der Waals surface area contributed by atoms with Gasteiger partial charge in [0.2, 0.25) is 11.9 Å². The highest BCUT2D eigenvalue weighted by Gasteiger charge is 2.33. The molecular formula is C22H24N6O. The van der Waals surface area contributed by atoms with Crippen LogP contribution in [0.4, 0.5) is 11.6 Å². The van der Waals surface area contributed by atoms with Crippen LogP contribution < -0.4 is 10.2 Å². The maximum atomic E-state index is 13.2. The Kier molecular flexibility index (Phi) is 5.46. The molecule has 7 nitrogen and oxygen atoms in total. The van der Waals surface area contributed by atoms with Gasteiger partial charge >= 0.3 is 0 Å². The highest BCUT2D eigenvalue weighted by Crippen LogP contribution is 2.27. The highest BCUT2D eigenvalue weighted by atomic mass is 16.2. The Bertz CT molecular complexity index is 979. The second-order valence-corrected chi connectivity index (χ2v) is 7.49. The first-order valence-corrected chi connectivity index (χ1v) is 9.84. The molecule has 1 saturated heterocycles. The predicted octanol–water partition coefficient (Wildman–Crippen LogP) is 3.49. The highest BCUT2D eigenvalue weighted by molar-refractivity contribution is 5.97. The minimum absolute atomic E-state index is 0.0480. The van der Waals surface area contributed by atoms with Crippen molar-refractivity contribution in [1.82, 2.24) is 19.9 Å². The zero-order valence-corrected chi connectivity index (χ0v) is 16.6. The van der Waals surface area contributed by atoms with Crippen LogP contribution in [0.2, 0.25) is 0 Å². The van der Waals surface area contributed by atoms with E-state index in [1.807, 2.05) is 30.0 Å². The van der Waals surface area contributed by atoms with E-state index in [1.54, 1.807) is 36.9 Å². The predicted molar refractivity (Wildman–Crippen MR) is 112 cm³/mol. The van der Waals surface area contributed by atoms with Gasteiger partial charge in [0.05, 0.1) is 0 Å². The lowest BCUT2D eigenvalue weighted by Crippen LogP contribution is -2.50. The monoisotopic (exact) mass is 388 g/mol. The summed E-state index contributed by atoms with van der Waals surface area (Å²) in [6, 6.07) is 9.08. The van der Waals surface area contributed by atoms with Crippen LogP contribution in [0.1, 0.15) is 25.3 Å². The van der Waals surface area contributed by atoms with Gasteiger partial charge in [0.15, 0.2) is 5.82 Å². The van der Waals surface area contributed by atoms with Gasteiger partial charge in [-0.2, -0.15) is 0 Å². The van der Waals surface area contributed by atoms with E-state index < -0.39 is 0 Å². The zero-order chi connectivity index (χ0) is 20.2. The normalized spacial score (nSPS) is 19.0. The molecule has 7 heteroatoms. The molecule has 1 aliphatic heterocycles. The van der Waals surface area contributed by atoms with E-state index >= 15 is 0 Å². The van der Waals surface area contributed by atoms with Crippen molar-refractivity contribution in [3.05, 3.63) is 60.7 Å². The summed E-state index contributed by atoms with van der Waals surface area (Å²) in [4.78, 5) is 32.5. The Morgan fingerprint density at radius 1 is 1.03 bits per heavy atom. The topological polar surface area (TPSA) is 83.9 Å². The minimum atomic E-state index is -0.300. The van der Waals surface area contributed by atoms with E-state index in [1.165, 1.54) is 0 Å². The average molecular weight is 388 g/mol. The summed E-state index contributed by atoms with van der Waals surface area (Å²) in [6.45, 7) is 4.96. The van der Waals surface area contributed by atoms with E-state index in [0.717, 1.165) is 36.2 Å². The molecule has 1 aliphatic rings. The fourth-order valence-electron chi connectivity index (χ4n) is 3.69. The van der Waals surface area contributed by atoms with Gasteiger partial charge in [0.25, 0.3) is 0 Å². The second kappa shape index (κ2) is 8.34. The van der Waals surface area contributed by atoms with Gasteiger partial charge in [-0.1, -0.05) is 13.0 Å². The largest absolute Gasteiger partial charge is 0.329 e. The Hall–Kier alpha value is -3.35. The number of carbonyl (C=O) groups is 1. The third-order valence-corrected chi connectivity index (χ3v) is 5.24. The summed E-state index contributed by atoms with van der Waals surface area (Å²) >= 11 is 0. The summed E-state index contributed by atoms with van der Waals surface area (Å²) in [5.41, 5.74) is 2.69. The number of nitrogens with zero attached hydrogens (tertiary/aromatic N) is 5. The van der Waals surface area contributed by atoms with Crippen molar-refractivity contribution in [3.8, 4) is 11.4 Å². The fourth-order valence-corrected chi connectivity index (χ4v) is 3.69. The number of hydrogen-bond donors (Lipinski definition) is 1. The van der Waals surface area contributed by atoms with Gasteiger partial charge in [-0.25, -0.2) is 19.9 Å². The Morgan fingerprint density at radius 3 is 2.45 bits per heavy atom. The molecule has 0 saturated carbocycles. The fraction of sp³-hybridized carbons (Fsp3) is 0.318. The maximum Gasteiger partial charge on any atom is 0.247 e. The SMILES string of the molecule is Cc1ccc(NC(=O)C2CCC(C)CN2c2ncccn2)cc1-c1ncccn1. The molecule has 29 heavy (non-hydrogen) atoms. The number of nitrogens with one attached hydrogen (secondary N) is 1. The maximum absolute atomic E-state index is 13.2. The van der Waals surface area contributed by atoms with Crippen molar-refractivity contribution >= 4 is 17.5 Å². The van der Waals surface area contributed by atoms with Crippen molar-refractivity contribution in [2.24, 2.45) is 5.92 Å². The lowest BCUT2D eigenvalue weighted by molar-refractivity contribution is -0.118. The lowest BCUT2D eigenvalue weighted by atomic mass is 9.94. The van der Waals surface area contributed by atoms with Gasteiger partial charge in [-0.05, 0) is 55.5 Å². The molecule has 148 valence electrons. The number of amides is 1. The third kappa shape index (κ3) is 4.23. The molecule has 2 atom stereocenters. The van der Waals surface area contributed by atoms with Crippen LogP contribution in [0.25, 0.3) is 11.4 Å². The van der Waals surface area contributed by atoms with E-state index in [9.17, 15) is 4.79 Å². The zero-order valence-electron chi connectivity index (χ0n) is 16.6. The van der Waals surface area contributed by atoms with Gasteiger partial charge in [0.1, 0.15) is 6.04 Å². The summed E-state index contributed by atoms with van der Waals surface area (Å²) in [7, 11) is 0. The third-order valence-electron chi connectivity index (χ3n) is 5.24. The standard InChI is InChI=1S/C22H24N6O/c1-15-5-8-19(28(14-15)22-25-11-4-12-26-22)21(29)27-17-7-6-16(2)18(13-17)20-23-9-3-10-24-20/h3-4,6-7,9-13,15,19H,5,8,14H2,1-2H3,(H,27,29). The van der Waals surface area contributed by atoms with E-state index in [0.29, 0.717) is 17.7 Å². The number of piperidine rings is 1. The molecule has 0 spiro atoms. The average Bonchev–Trinajstić information content (AvgIpc) is 2.76. The quantitative estimate of drug-likeness (QED) is 0.737. The van der Waals surface area contributed by atoms with Gasteiger partial charge in [0, 0.05) is 42.6 Å². The molecule has 2 aromatic heterocycles. The lowest BCUT2D eigenvalue weighted by Gasteiger charge is -2.37. The Balaban J connectivity index is 1.57. The first-order chi connectivity index (χ1) is 14.1. The molecule has 1 amide bonds. The van der Waals surface area contributed by atoms with Crippen LogP contribution in [0, 0.1) is 12.8 Å². The van der Waals surface area contributed by atoms with Crippen molar-refractivity contribution in [2.45, 2.75) is 32.7 Å². The van der Waals surface area contributed by atoms with Crippen LogP contribution >= 0.6 is 0 Å². The summed E-state index contributed by atoms with van der Waals surface area (Å²) in [5, 5.41) is 3.07. The van der Waals surface area contributed by atoms with Gasteiger partial charge < -0.3 is 10.2 Å². The number of aryl methyl sites for hydroxylation is 1. The molecule has 0 radical (unpaired) electrons. The molecule has 0 bridgehead atoms. The van der Waals surface area contributed by atoms with Gasteiger partial charge in [-0.15, -0.1) is 0 Å². The van der Waals surface area contributed by atoms with Crippen molar-refractivity contribution in [2.75, 3.05) is 16.8 Å². The molecule has 3 aromatic rings. The number of hydrogen-bond acceptors (Lipinski definition) is 6.